The monoisotopic (exact) mass is 248 g/mol. The van der Waals surface area contributed by atoms with E-state index in [0.717, 1.165) is 24.9 Å². The van der Waals surface area contributed by atoms with Gasteiger partial charge in [0.2, 0.25) is 5.91 Å². The lowest BCUT2D eigenvalue weighted by molar-refractivity contribution is -0.136. The van der Waals surface area contributed by atoms with E-state index in [2.05, 4.69) is 0 Å². The molecule has 18 heavy (non-hydrogen) atoms. The number of methoxy groups -OCH3 is 1. The lowest BCUT2D eigenvalue weighted by Crippen LogP contribution is -2.46. The van der Waals surface area contributed by atoms with Gasteiger partial charge in [-0.05, 0) is 18.4 Å². The number of carbonyl (C=O) groups excluding carboxylic acids is 1. The summed E-state index contributed by atoms with van der Waals surface area (Å²) in [7, 11) is 1.69. The second kappa shape index (κ2) is 5.98. The third-order valence-electron chi connectivity index (χ3n) is 3.45. The second-order valence-corrected chi connectivity index (χ2v) is 4.67. The molecule has 0 radical (unpaired) electrons. The van der Waals surface area contributed by atoms with Gasteiger partial charge in [-0.25, -0.2) is 0 Å². The Morgan fingerprint density at radius 1 is 1.44 bits per heavy atom. The maximum Gasteiger partial charge on any atom is 0.244 e. The van der Waals surface area contributed by atoms with Crippen LogP contribution in [0.2, 0.25) is 0 Å². The summed E-state index contributed by atoms with van der Waals surface area (Å²) < 4.78 is 5.32. The first-order chi connectivity index (χ1) is 8.72. The zero-order valence-electron chi connectivity index (χ0n) is 10.7. The third-order valence-corrected chi connectivity index (χ3v) is 3.45. The molecule has 1 saturated heterocycles. The minimum Gasteiger partial charge on any atom is -0.380 e. The van der Waals surface area contributed by atoms with Crippen molar-refractivity contribution in [2.75, 3.05) is 20.2 Å². The molecule has 4 heteroatoms. The van der Waals surface area contributed by atoms with Crippen molar-refractivity contribution in [3.8, 4) is 0 Å². The van der Waals surface area contributed by atoms with Crippen molar-refractivity contribution in [3.63, 3.8) is 0 Å². The minimum atomic E-state index is -0.568. The summed E-state index contributed by atoms with van der Waals surface area (Å²) in [5.41, 5.74) is 6.89. The van der Waals surface area contributed by atoms with E-state index in [4.69, 9.17) is 10.5 Å². The molecular weight excluding hydrogens is 228 g/mol. The Morgan fingerprint density at radius 3 is 2.83 bits per heavy atom. The van der Waals surface area contributed by atoms with E-state index in [1.807, 2.05) is 35.2 Å². The van der Waals surface area contributed by atoms with E-state index in [1.165, 1.54) is 0 Å². The van der Waals surface area contributed by atoms with Gasteiger partial charge in [0.25, 0.3) is 0 Å². The highest BCUT2D eigenvalue weighted by Crippen LogP contribution is 2.18. The average molecular weight is 248 g/mol. The predicted octanol–water partition coefficient (Wildman–Crippen LogP) is 1.32. The standard InChI is InChI=1S/C14H20N2O2/c1-18-12-8-5-9-16(10-12)14(17)13(15)11-6-3-2-4-7-11/h2-4,6-7,12-13H,5,8-10,15H2,1H3. The van der Waals surface area contributed by atoms with Crippen LogP contribution in [0, 0.1) is 0 Å². The van der Waals surface area contributed by atoms with Crippen LogP contribution in [0.4, 0.5) is 0 Å². The molecule has 0 bridgehead atoms. The molecule has 1 aliphatic rings. The number of nitrogens with zero attached hydrogens (tertiary/aromatic N) is 1. The van der Waals surface area contributed by atoms with Gasteiger partial charge in [0.05, 0.1) is 6.10 Å². The van der Waals surface area contributed by atoms with Crippen LogP contribution >= 0.6 is 0 Å². The van der Waals surface area contributed by atoms with Crippen LogP contribution in [0.5, 0.6) is 0 Å². The van der Waals surface area contributed by atoms with Crippen LogP contribution in [0.15, 0.2) is 30.3 Å². The summed E-state index contributed by atoms with van der Waals surface area (Å²) in [6.07, 6.45) is 2.14. The van der Waals surface area contributed by atoms with E-state index in [-0.39, 0.29) is 12.0 Å². The summed E-state index contributed by atoms with van der Waals surface area (Å²) in [5, 5.41) is 0. The largest absolute Gasteiger partial charge is 0.380 e. The van der Waals surface area contributed by atoms with Gasteiger partial charge < -0.3 is 15.4 Å². The van der Waals surface area contributed by atoms with Gasteiger partial charge in [-0.15, -0.1) is 0 Å². The number of hydrogen-bond donors (Lipinski definition) is 1. The van der Waals surface area contributed by atoms with Crippen molar-refractivity contribution < 1.29 is 9.53 Å². The summed E-state index contributed by atoms with van der Waals surface area (Å²) >= 11 is 0. The van der Waals surface area contributed by atoms with Gasteiger partial charge in [-0.3, -0.25) is 4.79 Å². The molecule has 1 amide bonds. The van der Waals surface area contributed by atoms with Gasteiger partial charge >= 0.3 is 0 Å². The average Bonchev–Trinajstić information content (AvgIpc) is 2.46. The highest BCUT2D eigenvalue weighted by molar-refractivity contribution is 5.83. The molecule has 0 aromatic heterocycles. The molecule has 98 valence electrons. The number of likely N-dealkylation sites (tertiary alicyclic amines) is 1. The van der Waals surface area contributed by atoms with Crippen LogP contribution in [0.1, 0.15) is 24.4 Å². The number of rotatable bonds is 3. The van der Waals surface area contributed by atoms with E-state index < -0.39 is 6.04 Å². The van der Waals surface area contributed by atoms with Crippen molar-refractivity contribution in [3.05, 3.63) is 35.9 Å². The number of ether oxygens (including phenoxy) is 1. The molecule has 2 atom stereocenters. The van der Waals surface area contributed by atoms with Crippen LogP contribution in [0.25, 0.3) is 0 Å². The molecule has 0 aliphatic carbocycles. The normalized spacial score (nSPS) is 21.7. The van der Waals surface area contributed by atoms with Gasteiger partial charge in [0.15, 0.2) is 0 Å². The molecule has 0 spiro atoms. The Labute approximate surface area is 108 Å². The Kier molecular flexibility index (Phi) is 4.33. The Balaban J connectivity index is 2.02. The minimum absolute atomic E-state index is 0.0112. The molecule has 1 aromatic carbocycles. The highest BCUT2D eigenvalue weighted by Gasteiger charge is 2.27. The topological polar surface area (TPSA) is 55.6 Å². The molecular formula is C14H20N2O2. The number of piperidine rings is 1. The molecule has 4 nitrogen and oxygen atoms in total. The molecule has 1 fully saturated rings. The van der Waals surface area contributed by atoms with E-state index >= 15 is 0 Å². The van der Waals surface area contributed by atoms with Gasteiger partial charge in [-0.1, -0.05) is 30.3 Å². The fourth-order valence-electron chi connectivity index (χ4n) is 2.33. The first-order valence-electron chi connectivity index (χ1n) is 6.34. The predicted molar refractivity (Wildman–Crippen MR) is 70.0 cm³/mol. The van der Waals surface area contributed by atoms with Crippen LogP contribution in [-0.2, 0) is 9.53 Å². The lowest BCUT2D eigenvalue weighted by Gasteiger charge is -2.33. The lowest BCUT2D eigenvalue weighted by atomic mass is 10.0. The number of benzene rings is 1. The molecule has 1 aromatic rings. The molecule has 2 unspecified atom stereocenters. The van der Waals surface area contributed by atoms with Crippen molar-refractivity contribution in [1.29, 1.82) is 0 Å². The fraction of sp³-hybridized carbons (Fsp3) is 0.500. The smallest absolute Gasteiger partial charge is 0.244 e. The molecule has 2 N–H and O–H groups in total. The Morgan fingerprint density at radius 2 is 2.17 bits per heavy atom. The maximum absolute atomic E-state index is 12.3. The first-order valence-corrected chi connectivity index (χ1v) is 6.34. The molecule has 0 saturated carbocycles. The zero-order valence-corrected chi connectivity index (χ0v) is 10.7. The van der Waals surface area contributed by atoms with Crippen molar-refractivity contribution >= 4 is 5.91 Å². The van der Waals surface area contributed by atoms with Crippen molar-refractivity contribution in [2.24, 2.45) is 5.73 Å². The van der Waals surface area contributed by atoms with Crippen LogP contribution in [-0.4, -0.2) is 37.1 Å². The van der Waals surface area contributed by atoms with Crippen molar-refractivity contribution in [1.82, 2.24) is 4.90 Å². The third kappa shape index (κ3) is 2.89. The summed E-state index contributed by atoms with van der Waals surface area (Å²) in [4.78, 5) is 14.1. The molecule has 2 rings (SSSR count). The second-order valence-electron chi connectivity index (χ2n) is 4.67. The van der Waals surface area contributed by atoms with E-state index in [1.54, 1.807) is 7.11 Å². The number of amides is 1. The van der Waals surface area contributed by atoms with Crippen LogP contribution in [0.3, 0.4) is 0 Å². The van der Waals surface area contributed by atoms with E-state index in [9.17, 15) is 4.79 Å². The number of nitrogens with two attached hydrogens (primary N) is 1. The summed E-state index contributed by atoms with van der Waals surface area (Å²) in [5.74, 6) is -0.0112. The van der Waals surface area contributed by atoms with E-state index in [0.29, 0.717) is 6.54 Å². The summed E-state index contributed by atoms with van der Waals surface area (Å²) in [6, 6.07) is 8.93. The summed E-state index contributed by atoms with van der Waals surface area (Å²) in [6.45, 7) is 1.43. The van der Waals surface area contributed by atoms with Crippen molar-refractivity contribution in [2.45, 2.75) is 25.0 Å². The zero-order chi connectivity index (χ0) is 13.0. The fourth-order valence-corrected chi connectivity index (χ4v) is 2.33. The SMILES string of the molecule is COC1CCCN(C(=O)C(N)c2ccccc2)C1. The first kappa shape index (κ1) is 13.1. The Bertz CT molecular complexity index is 394. The maximum atomic E-state index is 12.3. The molecule has 1 aliphatic heterocycles. The van der Waals surface area contributed by atoms with Gasteiger partial charge in [0.1, 0.15) is 6.04 Å². The van der Waals surface area contributed by atoms with Gasteiger partial charge in [0, 0.05) is 20.2 Å². The highest BCUT2D eigenvalue weighted by atomic mass is 16.5. The van der Waals surface area contributed by atoms with Crippen LogP contribution < -0.4 is 5.73 Å². The molecule has 1 heterocycles. The number of carbonyl (C=O) groups is 1. The Hall–Kier alpha value is -1.39. The number of hydrogen-bond acceptors (Lipinski definition) is 3. The van der Waals surface area contributed by atoms with Gasteiger partial charge in [-0.2, -0.15) is 0 Å². The quantitative estimate of drug-likeness (QED) is 0.878.